The van der Waals surface area contributed by atoms with Gasteiger partial charge in [-0.05, 0) is 22.8 Å². The van der Waals surface area contributed by atoms with Crippen molar-refractivity contribution in [2.45, 2.75) is 52.9 Å². The number of unbranched alkanes of at least 4 members (excludes halogenated alkanes) is 2. The van der Waals surface area contributed by atoms with Crippen LogP contribution in [0.15, 0.2) is 72.8 Å². The minimum atomic E-state index is 0. The molecule has 0 N–H and O–H groups in total. The zero-order valence-corrected chi connectivity index (χ0v) is 21.3. The maximum Gasteiger partial charge on any atom is 3.00 e. The van der Waals surface area contributed by atoms with E-state index in [2.05, 4.69) is 107 Å². The van der Waals surface area contributed by atoms with Gasteiger partial charge in [-0.2, -0.15) is 18.9 Å². The van der Waals surface area contributed by atoms with Crippen molar-refractivity contribution < 1.29 is 26.2 Å². The Morgan fingerprint density at radius 2 is 1.23 bits per heavy atom. The van der Waals surface area contributed by atoms with Gasteiger partial charge in [0.15, 0.2) is 0 Å². The molecular formula is C29H35Zr. The van der Waals surface area contributed by atoms with Crippen LogP contribution in [0.5, 0.6) is 0 Å². The van der Waals surface area contributed by atoms with E-state index in [0.717, 1.165) is 19.3 Å². The molecule has 1 heteroatoms. The monoisotopic (exact) mass is 473 g/mol. The minimum Gasteiger partial charge on any atom is -0.343 e. The van der Waals surface area contributed by atoms with Gasteiger partial charge in [0.2, 0.25) is 0 Å². The van der Waals surface area contributed by atoms with Crippen LogP contribution in [0.1, 0.15) is 52.0 Å². The van der Waals surface area contributed by atoms with Crippen LogP contribution >= 0.6 is 0 Å². The molecule has 0 bridgehead atoms. The number of benzene rings is 3. The van der Waals surface area contributed by atoms with Gasteiger partial charge in [-0.1, -0.05) is 87.7 Å². The predicted octanol–water partition coefficient (Wildman–Crippen LogP) is 9.18. The number of rotatable bonds is 4. The van der Waals surface area contributed by atoms with E-state index in [1.807, 2.05) is 0 Å². The van der Waals surface area contributed by atoms with Crippen LogP contribution in [0, 0.1) is 13.8 Å². The molecule has 0 aliphatic carbocycles. The van der Waals surface area contributed by atoms with Gasteiger partial charge in [-0.25, -0.2) is 0 Å². The molecular weight excluding hydrogens is 440 g/mol. The fourth-order valence-corrected chi connectivity index (χ4v) is 3.20. The first kappa shape index (κ1) is 26.4. The van der Waals surface area contributed by atoms with Crippen LogP contribution in [0.4, 0.5) is 0 Å². The van der Waals surface area contributed by atoms with Crippen molar-refractivity contribution in [2.75, 3.05) is 0 Å². The van der Waals surface area contributed by atoms with Crippen molar-refractivity contribution in [1.29, 1.82) is 0 Å². The number of fused-ring (bicyclic) bond motifs is 2. The first-order valence-corrected chi connectivity index (χ1v) is 10.9. The Hall–Kier alpha value is -1.59. The van der Waals surface area contributed by atoms with Gasteiger partial charge in [0.05, 0.1) is 0 Å². The summed E-state index contributed by atoms with van der Waals surface area (Å²) in [5.74, 6) is 0. The second-order valence-electron chi connectivity index (χ2n) is 7.26. The van der Waals surface area contributed by atoms with Gasteiger partial charge in [-0.15, -0.1) is 34.5 Å². The quantitative estimate of drug-likeness (QED) is 0.259. The largest absolute Gasteiger partial charge is 3.00 e. The van der Waals surface area contributed by atoms with Gasteiger partial charge >= 0.3 is 26.2 Å². The normalized spacial score (nSPS) is 9.90. The molecule has 0 saturated heterocycles. The van der Waals surface area contributed by atoms with E-state index in [-0.39, 0.29) is 26.2 Å². The Bertz CT molecular complexity index is 980. The van der Waals surface area contributed by atoms with E-state index in [1.54, 1.807) is 0 Å². The molecule has 0 spiro atoms. The van der Waals surface area contributed by atoms with Gasteiger partial charge in [0, 0.05) is 0 Å². The van der Waals surface area contributed by atoms with Crippen molar-refractivity contribution in [2.24, 2.45) is 0 Å². The van der Waals surface area contributed by atoms with E-state index in [4.69, 9.17) is 0 Å². The van der Waals surface area contributed by atoms with Gasteiger partial charge in [-0.3, -0.25) is 0 Å². The molecule has 0 saturated carbocycles. The molecule has 0 fully saturated rings. The van der Waals surface area contributed by atoms with Crippen LogP contribution in [0.3, 0.4) is 0 Å². The van der Waals surface area contributed by atoms with Gasteiger partial charge in [0.1, 0.15) is 0 Å². The van der Waals surface area contributed by atoms with Gasteiger partial charge in [0.25, 0.3) is 0 Å². The Morgan fingerprint density at radius 3 is 1.83 bits per heavy atom. The van der Waals surface area contributed by atoms with Crippen LogP contribution in [-0.2, 0) is 32.6 Å². The summed E-state index contributed by atoms with van der Waals surface area (Å²) in [6.45, 7) is 13.7. The van der Waals surface area contributed by atoms with E-state index < -0.39 is 0 Å². The molecule has 0 unspecified atom stereocenters. The van der Waals surface area contributed by atoms with E-state index in [1.165, 1.54) is 51.1 Å². The van der Waals surface area contributed by atoms with Crippen molar-refractivity contribution >= 4 is 21.5 Å². The Balaban J connectivity index is 0.000000435. The molecule has 0 atom stereocenters. The average molecular weight is 475 g/mol. The standard InChI is InChI=1S/C21H17.2C4H9.Zr/c1-2-15-13-17-9-6-12-20(21(17)14-15)19-11-5-8-16-7-3-4-10-18(16)19;2*1-3-4-2;/h3-14H,2H2,1H3;2*1,3-4H2,2H3;/q3*-1;+3. The van der Waals surface area contributed by atoms with Crippen molar-refractivity contribution in [3.63, 3.8) is 0 Å². The fraction of sp³-hybridized carbons (Fsp3) is 0.276. The summed E-state index contributed by atoms with van der Waals surface area (Å²) in [5.41, 5.74) is 4.08. The van der Waals surface area contributed by atoms with E-state index in [0.29, 0.717) is 0 Å². The summed E-state index contributed by atoms with van der Waals surface area (Å²) in [7, 11) is 0. The van der Waals surface area contributed by atoms with Crippen LogP contribution in [0.2, 0.25) is 0 Å². The third-order valence-electron chi connectivity index (χ3n) is 5.01. The van der Waals surface area contributed by atoms with Crippen LogP contribution < -0.4 is 0 Å². The van der Waals surface area contributed by atoms with E-state index >= 15 is 0 Å². The first-order valence-electron chi connectivity index (χ1n) is 10.9. The summed E-state index contributed by atoms with van der Waals surface area (Å²) in [6.07, 6.45) is 5.64. The molecule has 0 aliphatic rings. The molecule has 4 aromatic carbocycles. The van der Waals surface area contributed by atoms with Crippen LogP contribution in [0.25, 0.3) is 32.7 Å². The Morgan fingerprint density at radius 1 is 0.700 bits per heavy atom. The fourth-order valence-electron chi connectivity index (χ4n) is 3.20. The molecule has 0 nitrogen and oxygen atoms in total. The molecule has 30 heavy (non-hydrogen) atoms. The molecule has 0 aliphatic heterocycles. The SMILES string of the molecule is CCc1cc2c(-c3cccc4ccccc34)cccc2[cH-]1.[CH2-]CCC.[CH2-]CCC.[Zr+3]. The number of hydrogen-bond acceptors (Lipinski definition) is 0. The second kappa shape index (κ2) is 14.4. The van der Waals surface area contributed by atoms with Crippen molar-refractivity contribution in [1.82, 2.24) is 0 Å². The zero-order valence-electron chi connectivity index (χ0n) is 18.9. The third-order valence-corrected chi connectivity index (χ3v) is 5.01. The average Bonchev–Trinajstić information content (AvgIpc) is 3.22. The zero-order chi connectivity index (χ0) is 21.1. The molecule has 0 aromatic heterocycles. The van der Waals surface area contributed by atoms with Crippen molar-refractivity contribution in [3.8, 4) is 11.1 Å². The topological polar surface area (TPSA) is 0 Å². The smallest absolute Gasteiger partial charge is 0.343 e. The molecule has 4 rings (SSSR count). The molecule has 155 valence electrons. The summed E-state index contributed by atoms with van der Waals surface area (Å²) in [6, 6.07) is 26.5. The first-order chi connectivity index (χ1) is 14.2. The maximum atomic E-state index is 3.60. The van der Waals surface area contributed by atoms with E-state index in [9.17, 15) is 0 Å². The minimum absolute atomic E-state index is 0. The maximum absolute atomic E-state index is 3.60. The summed E-state index contributed by atoms with van der Waals surface area (Å²) >= 11 is 0. The molecule has 0 heterocycles. The Labute approximate surface area is 203 Å². The second-order valence-corrected chi connectivity index (χ2v) is 7.26. The van der Waals surface area contributed by atoms with Crippen molar-refractivity contribution in [3.05, 3.63) is 92.2 Å². The predicted molar refractivity (Wildman–Crippen MR) is 132 cm³/mol. The van der Waals surface area contributed by atoms with Crippen LogP contribution in [-0.4, -0.2) is 0 Å². The summed E-state index contributed by atoms with van der Waals surface area (Å²) < 4.78 is 0. The third kappa shape index (κ3) is 6.99. The molecule has 1 radical (unpaired) electrons. The Kier molecular flexibility index (Phi) is 12.7. The number of aryl methyl sites for hydroxylation is 1. The summed E-state index contributed by atoms with van der Waals surface area (Å²) in [4.78, 5) is 0. The summed E-state index contributed by atoms with van der Waals surface area (Å²) in [5, 5.41) is 5.34. The van der Waals surface area contributed by atoms with Gasteiger partial charge < -0.3 is 13.8 Å². The molecule has 0 amide bonds. The molecule has 4 aromatic rings. The number of hydrogen-bond donors (Lipinski definition) is 0.